The summed E-state index contributed by atoms with van der Waals surface area (Å²) < 4.78 is 1.89. The molecule has 8 heteroatoms. The molecule has 0 spiro atoms. The molecule has 3 aromatic rings. The highest BCUT2D eigenvalue weighted by molar-refractivity contribution is 6.35. The molecule has 2 N–H and O–H groups in total. The first-order valence-corrected chi connectivity index (χ1v) is 10.6. The summed E-state index contributed by atoms with van der Waals surface area (Å²) in [7, 11) is 5.80. The highest BCUT2D eigenvalue weighted by atomic mass is 16.2. The minimum absolute atomic E-state index is 0.0712. The van der Waals surface area contributed by atoms with E-state index in [4.69, 9.17) is 0 Å². The minimum atomic E-state index is -0.174. The van der Waals surface area contributed by atoms with Crippen LogP contribution < -0.4 is 5.32 Å². The molecule has 0 saturated heterocycles. The highest BCUT2D eigenvalue weighted by Crippen LogP contribution is 2.37. The van der Waals surface area contributed by atoms with E-state index < -0.39 is 0 Å². The van der Waals surface area contributed by atoms with Crippen LogP contribution in [0.5, 0.6) is 0 Å². The Labute approximate surface area is 186 Å². The molecule has 32 heavy (non-hydrogen) atoms. The number of aromatic amines is 1. The van der Waals surface area contributed by atoms with Gasteiger partial charge in [-0.1, -0.05) is 6.07 Å². The van der Waals surface area contributed by atoms with Crippen molar-refractivity contribution in [1.82, 2.24) is 24.6 Å². The van der Waals surface area contributed by atoms with Crippen molar-refractivity contribution in [1.29, 1.82) is 0 Å². The van der Waals surface area contributed by atoms with Crippen molar-refractivity contribution < 1.29 is 9.59 Å². The van der Waals surface area contributed by atoms with E-state index in [0.717, 1.165) is 40.3 Å². The number of aromatic nitrogens is 3. The Morgan fingerprint density at radius 3 is 2.62 bits per heavy atom. The summed E-state index contributed by atoms with van der Waals surface area (Å²) in [6.45, 7) is 3.91. The lowest BCUT2D eigenvalue weighted by Gasteiger charge is -2.23. The predicted octanol–water partition coefficient (Wildman–Crippen LogP) is 2.73. The van der Waals surface area contributed by atoms with Crippen LogP contribution in [0.15, 0.2) is 30.5 Å². The molecule has 4 heterocycles. The average Bonchev–Trinajstić information content (AvgIpc) is 3.41. The molecule has 2 aromatic heterocycles. The molecule has 5 rings (SSSR count). The largest absolute Gasteiger partial charge is 0.358 e. The number of anilines is 1. The topological polar surface area (TPSA) is 86.3 Å². The van der Waals surface area contributed by atoms with Crippen molar-refractivity contribution in [2.24, 2.45) is 7.05 Å². The van der Waals surface area contributed by atoms with Gasteiger partial charge in [-0.3, -0.25) is 19.2 Å². The second-order valence-corrected chi connectivity index (χ2v) is 8.65. The van der Waals surface area contributed by atoms with Gasteiger partial charge in [0.2, 0.25) is 0 Å². The number of nitrogens with zero attached hydrogens (tertiary/aromatic N) is 4. The molecular weight excluding hydrogens is 404 g/mol. The maximum absolute atomic E-state index is 13.2. The van der Waals surface area contributed by atoms with Crippen LogP contribution in [0.2, 0.25) is 0 Å². The third-order valence-electron chi connectivity index (χ3n) is 6.26. The number of amides is 2. The third-order valence-corrected chi connectivity index (χ3v) is 6.26. The highest BCUT2D eigenvalue weighted by Gasteiger charge is 2.27. The third kappa shape index (κ3) is 3.33. The molecule has 2 aliphatic heterocycles. The van der Waals surface area contributed by atoms with Crippen molar-refractivity contribution in [2.75, 3.05) is 32.5 Å². The van der Waals surface area contributed by atoms with Gasteiger partial charge in [-0.25, -0.2) is 0 Å². The summed E-state index contributed by atoms with van der Waals surface area (Å²) >= 11 is 0. The fourth-order valence-electron chi connectivity index (χ4n) is 4.40. The number of hydrogen-bond donors (Lipinski definition) is 2. The first-order valence-electron chi connectivity index (χ1n) is 10.6. The van der Waals surface area contributed by atoms with Gasteiger partial charge in [0.1, 0.15) is 0 Å². The lowest BCUT2D eigenvalue weighted by molar-refractivity contribution is -0.110. The van der Waals surface area contributed by atoms with E-state index in [1.54, 1.807) is 11.0 Å². The van der Waals surface area contributed by atoms with E-state index in [0.29, 0.717) is 29.9 Å². The summed E-state index contributed by atoms with van der Waals surface area (Å²) in [5.41, 5.74) is 7.35. The van der Waals surface area contributed by atoms with Crippen molar-refractivity contribution in [3.63, 3.8) is 0 Å². The summed E-state index contributed by atoms with van der Waals surface area (Å²) in [5.74, 6) is -0.246. The number of H-pyrrole nitrogens is 1. The first kappa shape index (κ1) is 20.3. The maximum Gasteiger partial charge on any atom is 0.256 e. The van der Waals surface area contributed by atoms with Gasteiger partial charge in [-0.05, 0) is 43.8 Å². The van der Waals surface area contributed by atoms with Gasteiger partial charge in [-0.15, -0.1) is 0 Å². The number of rotatable bonds is 0. The number of fused-ring (bicyclic) bond motifs is 4. The van der Waals surface area contributed by atoms with E-state index in [9.17, 15) is 9.59 Å². The Hall–Kier alpha value is -3.65. The second kappa shape index (κ2) is 7.49. The van der Waals surface area contributed by atoms with E-state index in [1.165, 1.54) is 0 Å². The van der Waals surface area contributed by atoms with Crippen LogP contribution in [-0.2, 0) is 18.4 Å². The number of carbonyl (C=O) groups is 2. The van der Waals surface area contributed by atoms with Crippen LogP contribution in [0, 0.1) is 6.92 Å². The summed E-state index contributed by atoms with van der Waals surface area (Å²) in [4.78, 5) is 33.2. The number of carbonyl (C=O) groups excluding carboxylic acids is 2. The number of nitrogens with one attached hydrogen (secondary N) is 2. The molecule has 0 unspecified atom stereocenters. The quantitative estimate of drug-likeness (QED) is 0.574. The monoisotopic (exact) mass is 430 g/mol. The smallest absolute Gasteiger partial charge is 0.256 e. The summed E-state index contributed by atoms with van der Waals surface area (Å²) in [6, 6.07) is 7.82. The molecule has 0 radical (unpaired) electrons. The Balaban J connectivity index is 1.72. The fourth-order valence-corrected chi connectivity index (χ4v) is 4.40. The Morgan fingerprint density at radius 1 is 1.00 bits per heavy atom. The van der Waals surface area contributed by atoms with E-state index >= 15 is 0 Å². The zero-order valence-corrected chi connectivity index (χ0v) is 18.7. The number of benzene rings is 1. The SMILES string of the molecule is Cc1cc2c([nH]1)/C=C1\C(=O)Nc3ccc(cc31)-c1cnn(C)c1CN(C)CCN(C)C2=O. The number of hydrogen-bond acceptors (Lipinski definition) is 4. The Morgan fingerprint density at radius 2 is 1.81 bits per heavy atom. The zero-order valence-electron chi connectivity index (χ0n) is 18.7. The fraction of sp³-hybridized carbons (Fsp3) is 0.292. The van der Waals surface area contributed by atoms with Crippen molar-refractivity contribution in [3.05, 3.63) is 58.7 Å². The van der Waals surface area contributed by atoms with Gasteiger partial charge >= 0.3 is 0 Å². The van der Waals surface area contributed by atoms with Crippen LogP contribution in [0.25, 0.3) is 22.8 Å². The lowest BCUT2D eigenvalue weighted by atomic mass is 9.98. The standard InChI is InChI=1S/C24H26N6O2/c1-14-9-18-21(26-14)11-17-16-10-15(5-6-20(16)27-23(17)31)19-12-25-30(4)22(19)13-28(2)7-8-29(3)24(18)32/h5-6,9-12,26H,7-8,13H2,1-4H3,(H,27,31)/b17-11-. The molecule has 164 valence electrons. The van der Waals surface area contributed by atoms with Crippen LogP contribution in [-0.4, -0.2) is 63.6 Å². The van der Waals surface area contributed by atoms with Gasteiger partial charge in [-0.2, -0.15) is 5.10 Å². The first-order chi connectivity index (χ1) is 15.3. The minimum Gasteiger partial charge on any atom is -0.358 e. The predicted molar refractivity (Wildman–Crippen MR) is 124 cm³/mol. The molecule has 8 nitrogen and oxygen atoms in total. The maximum atomic E-state index is 13.2. The van der Waals surface area contributed by atoms with Gasteiger partial charge < -0.3 is 15.2 Å². The Kier molecular flexibility index (Phi) is 4.74. The van der Waals surface area contributed by atoms with Gasteiger partial charge in [0, 0.05) is 56.2 Å². The van der Waals surface area contributed by atoms with Gasteiger partial charge in [0.05, 0.1) is 28.7 Å². The second-order valence-electron chi connectivity index (χ2n) is 8.65. The average molecular weight is 431 g/mol. The summed E-state index contributed by atoms with van der Waals surface area (Å²) in [6.07, 6.45) is 3.66. The molecule has 2 bridgehead atoms. The normalized spacial score (nSPS) is 18.4. The van der Waals surface area contributed by atoms with Crippen LogP contribution in [0.4, 0.5) is 5.69 Å². The van der Waals surface area contributed by atoms with E-state index in [2.05, 4.69) is 20.3 Å². The molecule has 2 aliphatic rings. The van der Waals surface area contributed by atoms with Gasteiger partial charge in [0.15, 0.2) is 0 Å². The molecule has 0 fully saturated rings. The van der Waals surface area contributed by atoms with Crippen LogP contribution in [0.1, 0.15) is 33.0 Å². The van der Waals surface area contributed by atoms with E-state index in [1.807, 2.05) is 63.2 Å². The molecule has 1 aromatic carbocycles. The van der Waals surface area contributed by atoms with E-state index in [-0.39, 0.29) is 11.8 Å². The summed E-state index contributed by atoms with van der Waals surface area (Å²) in [5, 5.41) is 7.43. The van der Waals surface area contributed by atoms with Gasteiger partial charge in [0.25, 0.3) is 11.8 Å². The van der Waals surface area contributed by atoms with Crippen LogP contribution in [0.3, 0.4) is 0 Å². The number of aryl methyl sites for hydroxylation is 2. The van der Waals surface area contributed by atoms with Crippen molar-refractivity contribution in [2.45, 2.75) is 13.5 Å². The van der Waals surface area contributed by atoms with Crippen molar-refractivity contribution in [3.8, 4) is 11.1 Å². The molecule has 2 amide bonds. The molecule has 0 saturated carbocycles. The molecular formula is C24H26N6O2. The zero-order chi connectivity index (χ0) is 22.6. The van der Waals surface area contributed by atoms with Crippen molar-refractivity contribution >= 4 is 29.2 Å². The molecule has 0 atom stereocenters. The number of likely N-dealkylation sites (N-methyl/N-ethyl adjacent to an activating group) is 2. The lowest BCUT2D eigenvalue weighted by Crippen LogP contribution is -2.35. The molecule has 0 aliphatic carbocycles. The Bertz CT molecular complexity index is 1280. The van der Waals surface area contributed by atoms with Crippen LogP contribution >= 0.6 is 0 Å².